The van der Waals surface area contributed by atoms with Crippen LogP contribution in [0.5, 0.6) is 0 Å². The number of nitrogens with two attached hydrogens (primary N) is 1. The minimum atomic E-state index is -0.169. The van der Waals surface area contributed by atoms with E-state index in [0.29, 0.717) is 30.0 Å². The van der Waals surface area contributed by atoms with E-state index in [2.05, 4.69) is 30.6 Å². The fourth-order valence-electron chi connectivity index (χ4n) is 3.42. The van der Waals surface area contributed by atoms with Crippen LogP contribution >= 0.6 is 0 Å². The number of pyridine rings is 2. The first-order valence-electron chi connectivity index (χ1n) is 9.44. The van der Waals surface area contributed by atoms with Gasteiger partial charge >= 0.3 is 0 Å². The Kier molecular flexibility index (Phi) is 4.32. The maximum absolute atomic E-state index is 12.1. The molecule has 0 spiro atoms. The maximum atomic E-state index is 12.1. The molecule has 0 saturated heterocycles. The van der Waals surface area contributed by atoms with Crippen LogP contribution in [0.25, 0.3) is 33.1 Å². The molecule has 5 rings (SSSR count). The lowest BCUT2D eigenvalue weighted by Gasteiger charge is -2.04. The number of aromatic nitrogens is 6. The highest BCUT2D eigenvalue weighted by Gasteiger charge is 2.12. The zero-order valence-corrected chi connectivity index (χ0v) is 15.9. The van der Waals surface area contributed by atoms with Gasteiger partial charge in [-0.1, -0.05) is 12.1 Å². The first kappa shape index (κ1) is 17.8. The standard InChI is InChI=1S/C21H18N8O/c22-20-19-16(15-4-3-13(10-18(15)26-20)17-5-7-25-27-17)12-29(28-19)9-8-24-21(30)14-2-1-6-23-11-14/h1-7,10-12H,8-9H2,(H2,22,26)(H,24,30)(H,25,27). The number of carbonyl (C=O) groups excluding carboxylic acids is 1. The van der Waals surface area contributed by atoms with Crippen molar-refractivity contribution in [2.75, 3.05) is 12.3 Å². The molecule has 1 aromatic carbocycles. The summed E-state index contributed by atoms with van der Waals surface area (Å²) in [6.07, 6.45) is 6.88. The Morgan fingerprint density at radius 2 is 2.13 bits per heavy atom. The number of hydrogen-bond acceptors (Lipinski definition) is 6. The third kappa shape index (κ3) is 3.22. The van der Waals surface area contributed by atoms with E-state index < -0.39 is 0 Å². The third-order valence-corrected chi connectivity index (χ3v) is 4.88. The molecule has 0 aliphatic carbocycles. The van der Waals surface area contributed by atoms with Gasteiger partial charge in [-0.15, -0.1) is 0 Å². The van der Waals surface area contributed by atoms with E-state index in [1.165, 1.54) is 6.20 Å². The van der Waals surface area contributed by atoms with Crippen LogP contribution in [0.4, 0.5) is 5.82 Å². The summed E-state index contributed by atoms with van der Waals surface area (Å²) in [6.45, 7) is 0.934. The summed E-state index contributed by atoms with van der Waals surface area (Å²) < 4.78 is 1.77. The van der Waals surface area contributed by atoms with Gasteiger partial charge in [0, 0.05) is 47.7 Å². The van der Waals surface area contributed by atoms with Gasteiger partial charge in [-0.25, -0.2) is 4.98 Å². The zero-order chi connectivity index (χ0) is 20.5. The number of anilines is 1. The second-order valence-electron chi connectivity index (χ2n) is 6.84. The number of H-pyrrole nitrogens is 1. The van der Waals surface area contributed by atoms with Crippen molar-refractivity contribution < 1.29 is 4.79 Å². The molecule has 0 aliphatic heterocycles. The van der Waals surface area contributed by atoms with E-state index in [4.69, 9.17) is 5.73 Å². The zero-order valence-electron chi connectivity index (χ0n) is 15.9. The summed E-state index contributed by atoms with van der Waals surface area (Å²) in [5, 5.41) is 16.3. The summed E-state index contributed by atoms with van der Waals surface area (Å²) >= 11 is 0. The summed E-state index contributed by atoms with van der Waals surface area (Å²) in [6, 6.07) is 11.3. The van der Waals surface area contributed by atoms with Crippen LogP contribution in [0.15, 0.2) is 61.2 Å². The van der Waals surface area contributed by atoms with E-state index in [1.54, 1.807) is 29.2 Å². The molecule has 148 valence electrons. The van der Waals surface area contributed by atoms with E-state index in [0.717, 1.165) is 27.5 Å². The predicted octanol–water partition coefficient (Wildman–Crippen LogP) is 2.38. The smallest absolute Gasteiger partial charge is 0.252 e. The Balaban J connectivity index is 1.40. The minimum Gasteiger partial charge on any atom is -0.382 e. The van der Waals surface area contributed by atoms with Crippen LogP contribution in [0.2, 0.25) is 0 Å². The number of fused-ring (bicyclic) bond motifs is 3. The van der Waals surface area contributed by atoms with Gasteiger partial charge in [0.25, 0.3) is 5.91 Å². The van der Waals surface area contributed by atoms with Gasteiger partial charge < -0.3 is 11.1 Å². The summed E-state index contributed by atoms with van der Waals surface area (Å²) in [5.74, 6) is 0.201. The van der Waals surface area contributed by atoms with Crippen LogP contribution in [-0.4, -0.2) is 42.4 Å². The van der Waals surface area contributed by atoms with Crippen molar-refractivity contribution in [3.63, 3.8) is 0 Å². The van der Waals surface area contributed by atoms with Gasteiger partial charge in [0.05, 0.1) is 23.3 Å². The molecule has 4 N–H and O–H groups in total. The lowest BCUT2D eigenvalue weighted by atomic mass is 10.1. The molecule has 4 heterocycles. The molecule has 9 nitrogen and oxygen atoms in total. The third-order valence-electron chi connectivity index (χ3n) is 4.88. The summed E-state index contributed by atoms with van der Waals surface area (Å²) in [4.78, 5) is 20.6. The van der Waals surface area contributed by atoms with E-state index in [1.807, 2.05) is 30.5 Å². The van der Waals surface area contributed by atoms with Crippen LogP contribution in [-0.2, 0) is 6.54 Å². The first-order valence-corrected chi connectivity index (χ1v) is 9.44. The van der Waals surface area contributed by atoms with E-state index in [-0.39, 0.29) is 5.91 Å². The fraction of sp³-hybridized carbons (Fsp3) is 0.0952. The highest BCUT2D eigenvalue weighted by atomic mass is 16.1. The van der Waals surface area contributed by atoms with Crippen LogP contribution < -0.4 is 11.1 Å². The van der Waals surface area contributed by atoms with Crippen molar-refractivity contribution >= 4 is 33.5 Å². The average molecular weight is 398 g/mol. The minimum absolute atomic E-state index is 0.169. The number of carbonyl (C=O) groups is 1. The summed E-state index contributed by atoms with van der Waals surface area (Å²) in [5.41, 5.74) is 9.93. The van der Waals surface area contributed by atoms with Crippen molar-refractivity contribution in [2.45, 2.75) is 6.54 Å². The second-order valence-corrected chi connectivity index (χ2v) is 6.84. The largest absolute Gasteiger partial charge is 0.382 e. The van der Waals surface area contributed by atoms with Crippen molar-refractivity contribution in [1.29, 1.82) is 0 Å². The number of nitrogens with one attached hydrogen (secondary N) is 2. The number of rotatable bonds is 5. The number of hydrogen-bond donors (Lipinski definition) is 3. The lowest BCUT2D eigenvalue weighted by molar-refractivity contribution is 0.0951. The van der Waals surface area contributed by atoms with Gasteiger partial charge in [0.1, 0.15) is 5.52 Å². The summed E-state index contributed by atoms with van der Waals surface area (Å²) in [7, 11) is 0. The molecule has 4 aromatic heterocycles. The molecule has 0 atom stereocenters. The molecule has 0 fully saturated rings. The number of aromatic amines is 1. The number of amides is 1. The highest BCUT2D eigenvalue weighted by molar-refractivity contribution is 6.08. The highest BCUT2D eigenvalue weighted by Crippen LogP contribution is 2.29. The molecule has 9 heteroatoms. The monoisotopic (exact) mass is 398 g/mol. The van der Waals surface area contributed by atoms with Gasteiger partial charge in [-0.2, -0.15) is 10.2 Å². The topological polar surface area (TPSA) is 127 Å². The fourth-order valence-corrected chi connectivity index (χ4v) is 3.42. The Bertz CT molecular complexity index is 1340. The number of benzene rings is 1. The Labute approximate surface area is 170 Å². The van der Waals surface area contributed by atoms with Gasteiger partial charge in [-0.3, -0.25) is 19.6 Å². The molecule has 1 amide bonds. The van der Waals surface area contributed by atoms with Crippen molar-refractivity contribution in [2.24, 2.45) is 0 Å². The van der Waals surface area contributed by atoms with Gasteiger partial charge in [0.15, 0.2) is 5.82 Å². The Morgan fingerprint density at radius 1 is 1.20 bits per heavy atom. The first-order chi connectivity index (χ1) is 14.7. The van der Waals surface area contributed by atoms with E-state index >= 15 is 0 Å². The molecular formula is C21H18N8O. The molecule has 5 aromatic rings. The number of nitrogen functional groups attached to an aromatic ring is 1. The van der Waals surface area contributed by atoms with Crippen molar-refractivity contribution in [3.05, 3.63) is 66.7 Å². The second kappa shape index (κ2) is 7.28. The quantitative estimate of drug-likeness (QED) is 0.417. The SMILES string of the molecule is Nc1nc2cc(-c3cc[nH]n3)ccc2c2cn(CCNC(=O)c3cccnc3)nc12. The molecule has 30 heavy (non-hydrogen) atoms. The van der Waals surface area contributed by atoms with Crippen molar-refractivity contribution in [3.8, 4) is 11.3 Å². The van der Waals surface area contributed by atoms with Crippen LogP contribution in [0.1, 0.15) is 10.4 Å². The van der Waals surface area contributed by atoms with E-state index in [9.17, 15) is 4.79 Å². The van der Waals surface area contributed by atoms with Crippen molar-refractivity contribution in [1.82, 2.24) is 35.3 Å². The number of nitrogens with zero attached hydrogens (tertiary/aromatic N) is 5. The van der Waals surface area contributed by atoms with Gasteiger partial charge in [0.2, 0.25) is 0 Å². The average Bonchev–Trinajstić information content (AvgIpc) is 3.45. The normalized spacial score (nSPS) is 11.2. The molecular weight excluding hydrogens is 380 g/mol. The Hall–Kier alpha value is -4.27. The molecule has 0 saturated carbocycles. The van der Waals surface area contributed by atoms with Gasteiger partial charge in [-0.05, 0) is 24.3 Å². The lowest BCUT2D eigenvalue weighted by Crippen LogP contribution is -2.27. The maximum Gasteiger partial charge on any atom is 0.252 e. The Morgan fingerprint density at radius 3 is 2.93 bits per heavy atom. The molecule has 0 unspecified atom stereocenters. The van der Waals surface area contributed by atoms with Crippen LogP contribution in [0.3, 0.4) is 0 Å². The predicted molar refractivity (Wildman–Crippen MR) is 114 cm³/mol. The van der Waals surface area contributed by atoms with Crippen LogP contribution in [0, 0.1) is 0 Å². The molecule has 0 radical (unpaired) electrons. The molecule has 0 aliphatic rings. The molecule has 0 bridgehead atoms.